The minimum atomic E-state index is 0.538. The molecule has 4 heteroatoms. The average molecular weight is 308 g/mol. The molecular formula is C17H29N3S. The zero-order chi connectivity index (χ0) is 15.0. The van der Waals surface area contributed by atoms with Crippen LogP contribution in [0.5, 0.6) is 0 Å². The second-order valence-corrected chi connectivity index (χ2v) is 8.68. The Hall–Kier alpha value is -0.610. The summed E-state index contributed by atoms with van der Waals surface area (Å²) in [6.07, 6.45) is 7.97. The summed E-state index contributed by atoms with van der Waals surface area (Å²) in [7, 11) is 4.28. The molecule has 0 radical (unpaired) electrons. The van der Waals surface area contributed by atoms with Crippen LogP contribution in [0.2, 0.25) is 0 Å². The summed E-state index contributed by atoms with van der Waals surface area (Å²) in [6, 6.07) is 0.679. The Labute approximate surface area is 133 Å². The predicted molar refractivity (Wildman–Crippen MR) is 91.3 cm³/mol. The molecular weight excluding hydrogens is 278 g/mol. The Morgan fingerprint density at radius 2 is 1.90 bits per heavy atom. The van der Waals surface area contributed by atoms with Crippen LogP contribution in [0.1, 0.15) is 68.9 Å². The van der Waals surface area contributed by atoms with E-state index >= 15 is 0 Å². The van der Waals surface area contributed by atoms with Crippen LogP contribution in [0.3, 0.4) is 0 Å². The number of thiazole rings is 1. The molecule has 1 aromatic rings. The molecule has 1 aromatic heterocycles. The fourth-order valence-electron chi connectivity index (χ4n) is 3.39. The number of anilines is 1. The molecule has 3 rings (SSSR count). The van der Waals surface area contributed by atoms with E-state index in [1.54, 1.807) is 0 Å². The highest BCUT2D eigenvalue weighted by atomic mass is 32.1. The van der Waals surface area contributed by atoms with Gasteiger partial charge in [-0.2, -0.15) is 0 Å². The maximum absolute atomic E-state index is 5.01. The van der Waals surface area contributed by atoms with Gasteiger partial charge in [0.05, 0.1) is 5.69 Å². The van der Waals surface area contributed by atoms with E-state index in [0.717, 1.165) is 12.5 Å². The maximum Gasteiger partial charge on any atom is 0.185 e. The standard InChI is InChI=1S/C17H29N3S/c1-17(2)9-7-13(8-10-17)20(4)16-19-15(12-5-6-12)14(21-16)11-18-3/h12-13,18H,5-11H2,1-4H3. The predicted octanol–water partition coefficient (Wildman–Crippen LogP) is 4.14. The van der Waals surface area contributed by atoms with Crippen molar-refractivity contribution in [2.75, 3.05) is 19.0 Å². The van der Waals surface area contributed by atoms with Crippen molar-refractivity contribution in [3.63, 3.8) is 0 Å². The van der Waals surface area contributed by atoms with Gasteiger partial charge in [-0.1, -0.05) is 13.8 Å². The minimum Gasteiger partial charge on any atom is -0.348 e. The molecule has 0 atom stereocenters. The van der Waals surface area contributed by atoms with Gasteiger partial charge in [-0.05, 0) is 51.0 Å². The number of hydrogen-bond donors (Lipinski definition) is 1. The molecule has 0 aliphatic heterocycles. The Kier molecular flexibility index (Phi) is 4.28. The molecule has 21 heavy (non-hydrogen) atoms. The summed E-state index contributed by atoms with van der Waals surface area (Å²) >= 11 is 1.91. The van der Waals surface area contributed by atoms with E-state index < -0.39 is 0 Å². The first kappa shape index (κ1) is 15.3. The van der Waals surface area contributed by atoms with E-state index in [4.69, 9.17) is 4.98 Å². The number of rotatable bonds is 5. The van der Waals surface area contributed by atoms with Crippen molar-refractivity contribution >= 4 is 16.5 Å². The first-order valence-corrected chi connectivity index (χ1v) is 9.19. The number of nitrogens with one attached hydrogen (secondary N) is 1. The molecule has 0 saturated heterocycles. The fraction of sp³-hybridized carbons (Fsp3) is 0.824. The van der Waals surface area contributed by atoms with Gasteiger partial charge in [-0.3, -0.25) is 0 Å². The van der Waals surface area contributed by atoms with Gasteiger partial charge in [0, 0.05) is 30.4 Å². The van der Waals surface area contributed by atoms with Crippen LogP contribution in [0.25, 0.3) is 0 Å². The maximum atomic E-state index is 5.01. The molecule has 0 bridgehead atoms. The van der Waals surface area contributed by atoms with Gasteiger partial charge in [0.25, 0.3) is 0 Å². The van der Waals surface area contributed by atoms with E-state index in [-0.39, 0.29) is 0 Å². The van der Waals surface area contributed by atoms with E-state index in [9.17, 15) is 0 Å². The van der Waals surface area contributed by atoms with Crippen molar-refractivity contribution in [2.24, 2.45) is 5.41 Å². The highest BCUT2D eigenvalue weighted by Crippen LogP contribution is 2.45. The smallest absolute Gasteiger partial charge is 0.185 e. The monoisotopic (exact) mass is 307 g/mol. The Bertz CT molecular complexity index is 480. The Morgan fingerprint density at radius 3 is 2.48 bits per heavy atom. The van der Waals surface area contributed by atoms with E-state index in [2.05, 4.69) is 31.1 Å². The van der Waals surface area contributed by atoms with Crippen LogP contribution in [-0.2, 0) is 6.54 Å². The zero-order valence-electron chi connectivity index (χ0n) is 13.9. The first-order chi connectivity index (χ1) is 10.00. The first-order valence-electron chi connectivity index (χ1n) is 8.37. The quantitative estimate of drug-likeness (QED) is 0.886. The van der Waals surface area contributed by atoms with Crippen molar-refractivity contribution in [1.29, 1.82) is 0 Å². The molecule has 1 heterocycles. The fourth-order valence-corrected chi connectivity index (χ4v) is 4.58. The molecule has 0 aromatic carbocycles. The van der Waals surface area contributed by atoms with Crippen molar-refractivity contribution in [3.05, 3.63) is 10.6 Å². The van der Waals surface area contributed by atoms with Crippen LogP contribution >= 0.6 is 11.3 Å². The summed E-state index contributed by atoms with van der Waals surface area (Å²) < 4.78 is 0. The van der Waals surface area contributed by atoms with Gasteiger partial charge < -0.3 is 10.2 Å². The largest absolute Gasteiger partial charge is 0.348 e. The minimum absolute atomic E-state index is 0.538. The second kappa shape index (κ2) is 5.88. The topological polar surface area (TPSA) is 28.2 Å². The van der Waals surface area contributed by atoms with Crippen molar-refractivity contribution in [2.45, 2.75) is 70.9 Å². The SMILES string of the molecule is CNCc1sc(N(C)C2CCC(C)(C)CC2)nc1C1CC1. The van der Waals surface area contributed by atoms with Crippen LogP contribution in [0.4, 0.5) is 5.13 Å². The third-order valence-electron chi connectivity index (χ3n) is 5.18. The zero-order valence-corrected chi connectivity index (χ0v) is 14.7. The van der Waals surface area contributed by atoms with Crippen molar-refractivity contribution in [3.8, 4) is 0 Å². The molecule has 118 valence electrons. The molecule has 2 aliphatic rings. The molecule has 0 spiro atoms. The molecule has 3 nitrogen and oxygen atoms in total. The number of hydrogen-bond acceptors (Lipinski definition) is 4. The lowest BCUT2D eigenvalue weighted by molar-refractivity contribution is 0.222. The molecule has 2 fully saturated rings. The lowest BCUT2D eigenvalue weighted by atomic mass is 9.75. The van der Waals surface area contributed by atoms with Gasteiger partial charge in [0.15, 0.2) is 5.13 Å². The van der Waals surface area contributed by atoms with E-state index in [1.807, 2.05) is 18.4 Å². The molecule has 2 aliphatic carbocycles. The van der Waals surface area contributed by atoms with E-state index in [0.29, 0.717) is 11.5 Å². The summed E-state index contributed by atoms with van der Waals surface area (Å²) in [5.41, 5.74) is 1.92. The molecule has 0 amide bonds. The highest BCUT2D eigenvalue weighted by Gasteiger charge is 2.33. The third kappa shape index (κ3) is 3.42. The van der Waals surface area contributed by atoms with Gasteiger partial charge in [-0.15, -0.1) is 11.3 Å². The van der Waals surface area contributed by atoms with Gasteiger partial charge in [0.1, 0.15) is 0 Å². The van der Waals surface area contributed by atoms with Crippen LogP contribution in [-0.4, -0.2) is 25.1 Å². The molecule has 1 N–H and O–H groups in total. The van der Waals surface area contributed by atoms with Crippen LogP contribution in [0, 0.1) is 5.41 Å². The van der Waals surface area contributed by atoms with Crippen molar-refractivity contribution in [1.82, 2.24) is 10.3 Å². The molecule has 0 unspecified atom stereocenters. The van der Waals surface area contributed by atoms with E-state index in [1.165, 1.54) is 54.2 Å². The van der Waals surface area contributed by atoms with Gasteiger partial charge in [-0.25, -0.2) is 4.98 Å². The van der Waals surface area contributed by atoms with Crippen LogP contribution < -0.4 is 10.2 Å². The Balaban J connectivity index is 1.72. The van der Waals surface area contributed by atoms with Gasteiger partial charge in [0.2, 0.25) is 0 Å². The summed E-state index contributed by atoms with van der Waals surface area (Å²) in [6.45, 7) is 5.78. The molecule has 2 saturated carbocycles. The third-order valence-corrected chi connectivity index (χ3v) is 6.34. The Morgan fingerprint density at radius 1 is 1.24 bits per heavy atom. The highest BCUT2D eigenvalue weighted by molar-refractivity contribution is 7.15. The van der Waals surface area contributed by atoms with Crippen molar-refractivity contribution < 1.29 is 0 Å². The lowest BCUT2D eigenvalue weighted by Gasteiger charge is -2.38. The van der Waals surface area contributed by atoms with Gasteiger partial charge >= 0.3 is 0 Å². The summed E-state index contributed by atoms with van der Waals surface area (Å²) in [5, 5.41) is 4.54. The normalized spacial score (nSPS) is 22.5. The summed E-state index contributed by atoms with van der Waals surface area (Å²) in [4.78, 5) is 8.93. The number of aromatic nitrogens is 1. The average Bonchev–Trinajstić information content (AvgIpc) is 3.20. The van der Waals surface area contributed by atoms with Crippen LogP contribution in [0.15, 0.2) is 0 Å². The lowest BCUT2D eigenvalue weighted by Crippen LogP contribution is -2.37. The summed E-state index contributed by atoms with van der Waals surface area (Å²) in [5.74, 6) is 0.747. The number of nitrogens with zero attached hydrogens (tertiary/aromatic N) is 2. The second-order valence-electron chi connectivity index (χ2n) is 7.62.